The Morgan fingerprint density at radius 3 is 1.77 bits per heavy atom. The van der Waals surface area contributed by atoms with E-state index in [2.05, 4.69) is 17.1 Å². The Morgan fingerprint density at radius 2 is 1.27 bits per heavy atom. The summed E-state index contributed by atoms with van der Waals surface area (Å²) in [5.41, 5.74) is 0. The van der Waals surface area contributed by atoms with Gasteiger partial charge < -0.3 is 19.7 Å². The van der Waals surface area contributed by atoms with Gasteiger partial charge in [-0.3, -0.25) is 0 Å². The van der Waals surface area contributed by atoms with Gasteiger partial charge in [0, 0.05) is 46.4 Å². The Bertz CT molecular complexity index is 328. The van der Waals surface area contributed by atoms with Gasteiger partial charge >= 0.3 is 0 Å². The van der Waals surface area contributed by atoms with Crippen molar-refractivity contribution in [2.75, 3.05) is 53.0 Å². The van der Waals surface area contributed by atoms with Crippen molar-refractivity contribution in [2.45, 2.75) is 109 Å². The summed E-state index contributed by atoms with van der Waals surface area (Å²) in [5.74, 6) is 0. The predicted octanol–water partition coefficient (Wildman–Crippen LogP) is 6.41. The van der Waals surface area contributed by atoms with E-state index in [1.54, 1.807) is 0 Å². The zero-order chi connectivity index (χ0) is 20.8. The van der Waals surface area contributed by atoms with Crippen LogP contribution in [-0.2, 0) is 9.47 Å². The Labute approximate surface area is 205 Å². The Balaban J connectivity index is 0.00000841. The molecule has 1 N–H and O–H groups in total. The Morgan fingerprint density at radius 1 is 0.767 bits per heavy atom. The molecule has 1 saturated heterocycles. The SMILES string of the molecule is CCCCCCCCCCCCCCCCOCC(CCN1CCNCC1)OC.I. The van der Waals surface area contributed by atoms with E-state index in [1.807, 2.05) is 7.11 Å². The lowest BCUT2D eigenvalue weighted by Gasteiger charge is -2.28. The van der Waals surface area contributed by atoms with E-state index in [1.165, 1.54) is 89.9 Å². The van der Waals surface area contributed by atoms with E-state index in [-0.39, 0.29) is 30.1 Å². The average molecular weight is 541 g/mol. The zero-order valence-corrected chi connectivity index (χ0v) is 22.6. The third-order valence-corrected chi connectivity index (χ3v) is 6.26. The number of rotatable bonds is 21. The molecule has 5 heteroatoms. The Kier molecular flexibility index (Phi) is 24.7. The molecular weight excluding hydrogens is 487 g/mol. The highest BCUT2D eigenvalue weighted by Crippen LogP contribution is 2.13. The first-order chi connectivity index (χ1) is 14.4. The van der Waals surface area contributed by atoms with E-state index in [4.69, 9.17) is 9.47 Å². The van der Waals surface area contributed by atoms with Gasteiger partial charge in [-0.05, 0) is 12.8 Å². The summed E-state index contributed by atoms with van der Waals surface area (Å²) in [4.78, 5) is 2.52. The summed E-state index contributed by atoms with van der Waals surface area (Å²) in [6.45, 7) is 9.63. The van der Waals surface area contributed by atoms with Crippen LogP contribution in [0.1, 0.15) is 103 Å². The minimum atomic E-state index is 0. The van der Waals surface area contributed by atoms with Gasteiger partial charge in [-0.15, -0.1) is 24.0 Å². The van der Waals surface area contributed by atoms with Gasteiger partial charge in [-0.1, -0.05) is 90.4 Å². The van der Waals surface area contributed by atoms with E-state index >= 15 is 0 Å². The lowest BCUT2D eigenvalue weighted by atomic mass is 10.0. The van der Waals surface area contributed by atoms with Crippen molar-refractivity contribution in [1.82, 2.24) is 10.2 Å². The van der Waals surface area contributed by atoms with Crippen LogP contribution in [0.2, 0.25) is 0 Å². The van der Waals surface area contributed by atoms with E-state index < -0.39 is 0 Å². The maximum Gasteiger partial charge on any atom is 0.0816 e. The minimum absolute atomic E-state index is 0. The fraction of sp³-hybridized carbons (Fsp3) is 1.00. The quantitative estimate of drug-likeness (QED) is 0.135. The Hall–Kier alpha value is 0.570. The van der Waals surface area contributed by atoms with Crippen molar-refractivity contribution in [3.8, 4) is 0 Å². The van der Waals surface area contributed by atoms with Gasteiger partial charge in [0.1, 0.15) is 0 Å². The summed E-state index contributed by atoms with van der Waals surface area (Å²) in [6, 6.07) is 0. The van der Waals surface area contributed by atoms with Crippen LogP contribution in [0, 0.1) is 0 Å². The molecular formula is C25H53IN2O2. The monoisotopic (exact) mass is 540 g/mol. The van der Waals surface area contributed by atoms with Crippen molar-refractivity contribution in [2.24, 2.45) is 0 Å². The lowest BCUT2D eigenvalue weighted by molar-refractivity contribution is -0.00168. The van der Waals surface area contributed by atoms with Crippen molar-refractivity contribution >= 4 is 24.0 Å². The molecule has 0 spiro atoms. The van der Waals surface area contributed by atoms with Crippen LogP contribution in [0.3, 0.4) is 0 Å². The molecule has 0 saturated carbocycles. The van der Waals surface area contributed by atoms with Crippen molar-refractivity contribution in [3.63, 3.8) is 0 Å². The first-order valence-electron chi connectivity index (χ1n) is 12.9. The number of methoxy groups -OCH3 is 1. The highest BCUT2D eigenvalue weighted by molar-refractivity contribution is 14.0. The van der Waals surface area contributed by atoms with Crippen LogP contribution < -0.4 is 5.32 Å². The lowest BCUT2D eigenvalue weighted by Crippen LogP contribution is -2.44. The van der Waals surface area contributed by atoms with Gasteiger partial charge in [-0.25, -0.2) is 0 Å². The molecule has 1 aliphatic heterocycles. The highest BCUT2D eigenvalue weighted by atomic mass is 127. The van der Waals surface area contributed by atoms with Crippen LogP contribution in [0.4, 0.5) is 0 Å². The van der Waals surface area contributed by atoms with Crippen LogP contribution in [0.25, 0.3) is 0 Å². The summed E-state index contributed by atoms with van der Waals surface area (Å²) in [7, 11) is 1.82. The minimum Gasteiger partial charge on any atom is -0.379 e. The van der Waals surface area contributed by atoms with Crippen molar-refractivity contribution < 1.29 is 9.47 Å². The number of hydrogen-bond donors (Lipinski definition) is 1. The fourth-order valence-electron chi connectivity index (χ4n) is 4.14. The summed E-state index contributed by atoms with van der Waals surface area (Å²) in [6.07, 6.45) is 21.0. The van der Waals surface area contributed by atoms with Gasteiger partial charge in [0.25, 0.3) is 0 Å². The molecule has 1 aliphatic rings. The third kappa shape index (κ3) is 19.3. The number of ether oxygens (including phenoxy) is 2. The molecule has 4 nitrogen and oxygen atoms in total. The normalized spacial score (nSPS) is 15.8. The molecule has 0 aliphatic carbocycles. The van der Waals surface area contributed by atoms with E-state index in [9.17, 15) is 0 Å². The number of nitrogens with zero attached hydrogens (tertiary/aromatic N) is 1. The molecule has 0 radical (unpaired) electrons. The molecule has 0 bridgehead atoms. The first kappa shape index (κ1) is 30.6. The molecule has 1 fully saturated rings. The fourth-order valence-corrected chi connectivity index (χ4v) is 4.14. The molecule has 1 unspecified atom stereocenters. The molecule has 0 aromatic rings. The number of hydrogen-bond acceptors (Lipinski definition) is 4. The largest absolute Gasteiger partial charge is 0.379 e. The third-order valence-electron chi connectivity index (χ3n) is 6.26. The van der Waals surface area contributed by atoms with Crippen LogP contribution >= 0.6 is 24.0 Å². The molecule has 0 amide bonds. The first-order valence-corrected chi connectivity index (χ1v) is 12.9. The maximum atomic E-state index is 5.88. The van der Waals surface area contributed by atoms with Gasteiger partial charge in [0.15, 0.2) is 0 Å². The van der Waals surface area contributed by atoms with Crippen LogP contribution in [0.15, 0.2) is 0 Å². The predicted molar refractivity (Wildman–Crippen MR) is 141 cm³/mol. The molecule has 1 rings (SSSR count). The number of nitrogens with one attached hydrogen (secondary N) is 1. The van der Waals surface area contributed by atoms with Crippen molar-refractivity contribution in [1.29, 1.82) is 0 Å². The maximum absolute atomic E-state index is 5.88. The summed E-state index contributed by atoms with van der Waals surface area (Å²) >= 11 is 0. The van der Waals surface area contributed by atoms with Gasteiger partial charge in [-0.2, -0.15) is 0 Å². The number of unbranched alkanes of at least 4 members (excludes halogenated alkanes) is 13. The topological polar surface area (TPSA) is 33.7 Å². The number of halogens is 1. The van der Waals surface area contributed by atoms with Gasteiger partial charge in [0.05, 0.1) is 12.7 Å². The zero-order valence-electron chi connectivity index (χ0n) is 20.3. The molecule has 0 aromatic carbocycles. The van der Waals surface area contributed by atoms with E-state index in [0.29, 0.717) is 0 Å². The van der Waals surface area contributed by atoms with Gasteiger partial charge in [0.2, 0.25) is 0 Å². The van der Waals surface area contributed by atoms with Crippen molar-refractivity contribution in [3.05, 3.63) is 0 Å². The summed E-state index contributed by atoms with van der Waals surface area (Å²) in [5, 5.41) is 3.40. The second-order valence-electron chi connectivity index (χ2n) is 8.91. The summed E-state index contributed by atoms with van der Waals surface area (Å²) < 4.78 is 11.5. The number of piperazine rings is 1. The van der Waals surface area contributed by atoms with Crippen LogP contribution in [0.5, 0.6) is 0 Å². The molecule has 0 aromatic heterocycles. The second kappa shape index (κ2) is 24.2. The smallest absolute Gasteiger partial charge is 0.0816 e. The van der Waals surface area contributed by atoms with E-state index in [0.717, 1.165) is 52.4 Å². The molecule has 1 heterocycles. The standard InChI is InChI=1S/C25H52N2O2.HI/c1-3-4-5-6-7-8-9-10-11-12-13-14-15-16-23-29-24-25(28-2)17-20-27-21-18-26-19-22-27;/h25-26H,3-24H2,1-2H3;1H. The second-order valence-corrected chi connectivity index (χ2v) is 8.91. The highest BCUT2D eigenvalue weighted by Gasteiger charge is 2.13. The molecule has 1 atom stereocenters. The molecule has 30 heavy (non-hydrogen) atoms. The average Bonchev–Trinajstić information content (AvgIpc) is 2.76. The van der Waals surface area contributed by atoms with Crippen LogP contribution in [-0.4, -0.2) is 64.1 Å². The molecule has 182 valence electrons.